The number of hydrogen-bond acceptors (Lipinski definition) is 2. The number of halogens is 3. The van der Waals surface area contributed by atoms with Gasteiger partial charge in [-0.1, -0.05) is 0 Å². The zero-order chi connectivity index (χ0) is 10.6. The Morgan fingerprint density at radius 1 is 1.50 bits per heavy atom. The largest absolute Gasteiger partial charge is 0.435 e. The van der Waals surface area contributed by atoms with Crippen LogP contribution in [0, 0.1) is 0 Å². The molecule has 1 aromatic heterocycles. The van der Waals surface area contributed by atoms with Gasteiger partial charge in [0.05, 0.1) is 5.69 Å². The standard InChI is InChI=1S/C8H9F3N2O/c1-13-6(7(14)2-3-7)4-5(12-13)8(9,10)11/h4,14H,2-3H2,1H3. The number of hydrogen-bond donors (Lipinski definition) is 1. The highest BCUT2D eigenvalue weighted by Crippen LogP contribution is 2.46. The lowest BCUT2D eigenvalue weighted by atomic mass is 10.2. The average Bonchev–Trinajstić information content (AvgIpc) is 2.60. The average molecular weight is 206 g/mol. The first-order valence-electron chi connectivity index (χ1n) is 4.17. The third kappa shape index (κ3) is 1.39. The van der Waals surface area contributed by atoms with Crippen molar-refractivity contribution in [2.24, 2.45) is 7.05 Å². The summed E-state index contributed by atoms with van der Waals surface area (Å²) in [6, 6.07) is 0.910. The molecule has 2 rings (SSSR count). The van der Waals surface area contributed by atoms with Gasteiger partial charge in [0.15, 0.2) is 5.69 Å². The van der Waals surface area contributed by atoms with Crippen molar-refractivity contribution < 1.29 is 18.3 Å². The van der Waals surface area contributed by atoms with Crippen LogP contribution < -0.4 is 0 Å². The van der Waals surface area contributed by atoms with Crippen molar-refractivity contribution in [1.29, 1.82) is 0 Å². The quantitative estimate of drug-likeness (QED) is 0.754. The molecule has 1 aliphatic carbocycles. The Balaban J connectivity index is 2.40. The molecule has 78 valence electrons. The molecule has 0 aliphatic heterocycles. The van der Waals surface area contributed by atoms with E-state index in [9.17, 15) is 18.3 Å². The molecule has 1 aliphatic rings. The smallest absolute Gasteiger partial charge is 0.384 e. The normalized spacial score (nSPS) is 19.8. The van der Waals surface area contributed by atoms with Crippen LogP contribution in [-0.4, -0.2) is 14.9 Å². The van der Waals surface area contributed by atoms with Crippen molar-refractivity contribution in [2.75, 3.05) is 0 Å². The molecule has 1 N–H and O–H groups in total. The molecule has 0 saturated heterocycles. The summed E-state index contributed by atoms with van der Waals surface area (Å²) in [4.78, 5) is 0. The molecule has 0 aromatic carbocycles. The maximum Gasteiger partial charge on any atom is 0.435 e. The highest BCUT2D eigenvalue weighted by molar-refractivity contribution is 5.23. The van der Waals surface area contributed by atoms with Gasteiger partial charge in [0.1, 0.15) is 5.60 Å². The Hall–Kier alpha value is -1.04. The minimum atomic E-state index is -4.44. The second-order valence-electron chi connectivity index (χ2n) is 3.57. The van der Waals surface area contributed by atoms with Gasteiger partial charge >= 0.3 is 6.18 Å². The molecule has 6 heteroatoms. The topological polar surface area (TPSA) is 38.0 Å². The van der Waals surface area contributed by atoms with Gasteiger partial charge in [0.25, 0.3) is 0 Å². The first kappa shape index (κ1) is 9.51. The van der Waals surface area contributed by atoms with Crippen LogP contribution in [0.15, 0.2) is 6.07 Å². The number of aromatic nitrogens is 2. The summed E-state index contributed by atoms with van der Waals surface area (Å²) in [5.74, 6) is 0. The van der Waals surface area contributed by atoms with Crippen LogP contribution >= 0.6 is 0 Å². The lowest BCUT2D eigenvalue weighted by molar-refractivity contribution is -0.141. The zero-order valence-corrected chi connectivity index (χ0v) is 7.47. The summed E-state index contributed by atoms with van der Waals surface area (Å²) in [6.45, 7) is 0. The molecule has 0 bridgehead atoms. The molecule has 0 amide bonds. The van der Waals surface area contributed by atoms with Gasteiger partial charge in [-0.3, -0.25) is 4.68 Å². The van der Waals surface area contributed by atoms with Crippen LogP contribution in [0.25, 0.3) is 0 Å². The minimum Gasteiger partial charge on any atom is -0.384 e. The van der Waals surface area contributed by atoms with Gasteiger partial charge in [-0.2, -0.15) is 18.3 Å². The number of aliphatic hydroxyl groups is 1. The van der Waals surface area contributed by atoms with Crippen LogP contribution in [0.3, 0.4) is 0 Å². The number of aryl methyl sites for hydroxylation is 1. The summed E-state index contributed by atoms with van der Waals surface area (Å²) in [5.41, 5.74) is -1.79. The first-order chi connectivity index (χ1) is 6.33. The van der Waals surface area contributed by atoms with E-state index in [1.807, 2.05) is 0 Å². The predicted octanol–water partition coefficient (Wildman–Crippen LogP) is 1.42. The Labute approximate surface area is 78.1 Å². The van der Waals surface area contributed by atoms with Gasteiger partial charge < -0.3 is 5.11 Å². The molecular weight excluding hydrogens is 197 g/mol. The van der Waals surface area contributed by atoms with Crippen molar-refractivity contribution in [3.05, 3.63) is 17.5 Å². The monoisotopic (exact) mass is 206 g/mol. The van der Waals surface area contributed by atoms with E-state index in [0.717, 1.165) is 10.7 Å². The fourth-order valence-electron chi connectivity index (χ4n) is 1.42. The van der Waals surface area contributed by atoms with Crippen LogP contribution in [0.4, 0.5) is 13.2 Å². The Morgan fingerprint density at radius 3 is 2.43 bits per heavy atom. The van der Waals surface area contributed by atoms with Crippen molar-refractivity contribution in [1.82, 2.24) is 9.78 Å². The van der Waals surface area contributed by atoms with Crippen LogP contribution in [0.5, 0.6) is 0 Å². The Bertz CT molecular complexity index is 365. The van der Waals surface area contributed by atoms with Crippen LogP contribution in [0.1, 0.15) is 24.2 Å². The Kier molecular flexibility index (Phi) is 1.70. The van der Waals surface area contributed by atoms with Gasteiger partial charge in [-0.15, -0.1) is 0 Å². The summed E-state index contributed by atoms with van der Waals surface area (Å²) in [5, 5.41) is 13.0. The van der Waals surface area contributed by atoms with E-state index in [2.05, 4.69) is 5.10 Å². The maximum absolute atomic E-state index is 12.2. The fraction of sp³-hybridized carbons (Fsp3) is 0.625. The summed E-state index contributed by atoms with van der Waals surface area (Å²) in [6.07, 6.45) is -3.44. The molecule has 0 radical (unpaired) electrons. The summed E-state index contributed by atoms with van der Waals surface area (Å²) >= 11 is 0. The third-order valence-electron chi connectivity index (χ3n) is 2.37. The van der Waals surface area contributed by atoms with E-state index >= 15 is 0 Å². The van der Waals surface area contributed by atoms with Crippen molar-refractivity contribution in [3.63, 3.8) is 0 Å². The van der Waals surface area contributed by atoms with E-state index in [4.69, 9.17) is 0 Å². The van der Waals surface area contributed by atoms with Gasteiger partial charge in [0.2, 0.25) is 0 Å². The molecule has 1 saturated carbocycles. The highest BCUT2D eigenvalue weighted by atomic mass is 19.4. The molecule has 0 spiro atoms. The molecular formula is C8H9F3N2O. The molecule has 0 atom stereocenters. The number of rotatable bonds is 1. The highest BCUT2D eigenvalue weighted by Gasteiger charge is 2.46. The maximum atomic E-state index is 12.2. The van der Waals surface area contributed by atoms with E-state index < -0.39 is 17.5 Å². The third-order valence-corrected chi connectivity index (χ3v) is 2.37. The SMILES string of the molecule is Cn1nc(C(F)(F)F)cc1C1(O)CC1. The van der Waals surface area contributed by atoms with Crippen LogP contribution in [0.2, 0.25) is 0 Å². The molecule has 3 nitrogen and oxygen atoms in total. The van der Waals surface area contributed by atoms with E-state index in [1.165, 1.54) is 7.05 Å². The van der Waals surface area contributed by atoms with Gasteiger partial charge in [0, 0.05) is 7.05 Å². The first-order valence-corrected chi connectivity index (χ1v) is 4.17. The van der Waals surface area contributed by atoms with E-state index in [-0.39, 0.29) is 5.69 Å². The minimum absolute atomic E-state index is 0.241. The van der Waals surface area contributed by atoms with Crippen molar-refractivity contribution in [2.45, 2.75) is 24.6 Å². The molecule has 1 heterocycles. The molecule has 1 aromatic rings. The van der Waals surface area contributed by atoms with E-state index in [0.29, 0.717) is 12.8 Å². The van der Waals surface area contributed by atoms with Crippen LogP contribution in [-0.2, 0) is 18.8 Å². The summed E-state index contributed by atoms with van der Waals surface area (Å²) < 4.78 is 37.8. The summed E-state index contributed by atoms with van der Waals surface area (Å²) in [7, 11) is 1.40. The number of nitrogens with zero attached hydrogens (tertiary/aromatic N) is 2. The lowest BCUT2D eigenvalue weighted by Crippen LogP contribution is -2.10. The van der Waals surface area contributed by atoms with Gasteiger partial charge in [-0.25, -0.2) is 0 Å². The van der Waals surface area contributed by atoms with Crippen molar-refractivity contribution in [3.8, 4) is 0 Å². The number of alkyl halides is 3. The fourth-order valence-corrected chi connectivity index (χ4v) is 1.42. The Morgan fingerprint density at radius 2 is 2.07 bits per heavy atom. The second-order valence-corrected chi connectivity index (χ2v) is 3.57. The molecule has 14 heavy (non-hydrogen) atoms. The molecule has 0 unspecified atom stereocenters. The van der Waals surface area contributed by atoms with Crippen molar-refractivity contribution >= 4 is 0 Å². The van der Waals surface area contributed by atoms with E-state index in [1.54, 1.807) is 0 Å². The second kappa shape index (κ2) is 2.50. The lowest BCUT2D eigenvalue weighted by Gasteiger charge is -2.06. The van der Waals surface area contributed by atoms with Gasteiger partial charge in [-0.05, 0) is 18.9 Å². The molecule has 1 fully saturated rings. The zero-order valence-electron chi connectivity index (χ0n) is 7.47. The predicted molar refractivity (Wildman–Crippen MR) is 41.3 cm³/mol.